The van der Waals surface area contributed by atoms with Gasteiger partial charge in [0, 0.05) is 31.3 Å². The van der Waals surface area contributed by atoms with Gasteiger partial charge in [0.25, 0.3) is 11.2 Å². The van der Waals surface area contributed by atoms with Gasteiger partial charge in [0.2, 0.25) is 5.95 Å². The second-order valence-corrected chi connectivity index (χ2v) is 6.55. The zero-order chi connectivity index (χ0) is 21.1. The molecule has 3 rings (SSSR count). The standard InChI is InChI=1S/C18H21N7O4/c1-4-5-9-24-14-15(23(3)18(27)20-16(14)26)19-17(24)22-21-11(2)12-7-6-8-13(10-12)25(28)29/h6-8,10H,4-5,9H2,1-3H3,(H,19,22)(H,20,26,27)/b21-11+. The van der Waals surface area contributed by atoms with Gasteiger partial charge >= 0.3 is 5.69 Å². The van der Waals surface area contributed by atoms with Crippen LogP contribution < -0.4 is 16.7 Å². The minimum atomic E-state index is -0.550. The monoisotopic (exact) mass is 399 g/mol. The average Bonchev–Trinajstić information content (AvgIpc) is 3.07. The topological polar surface area (TPSA) is 140 Å². The van der Waals surface area contributed by atoms with Crippen LogP contribution in [0.25, 0.3) is 11.2 Å². The molecule has 0 saturated carbocycles. The summed E-state index contributed by atoms with van der Waals surface area (Å²) in [7, 11) is 1.53. The number of hydrazone groups is 1. The molecule has 0 bridgehead atoms. The lowest BCUT2D eigenvalue weighted by molar-refractivity contribution is -0.384. The summed E-state index contributed by atoms with van der Waals surface area (Å²) in [6.07, 6.45) is 1.70. The van der Waals surface area contributed by atoms with Crippen molar-refractivity contribution in [3.63, 3.8) is 0 Å². The van der Waals surface area contributed by atoms with Crippen molar-refractivity contribution < 1.29 is 4.92 Å². The van der Waals surface area contributed by atoms with Crippen LogP contribution >= 0.6 is 0 Å². The van der Waals surface area contributed by atoms with Gasteiger partial charge in [0.05, 0.1) is 10.6 Å². The quantitative estimate of drug-likeness (QED) is 0.353. The normalized spacial score (nSPS) is 11.8. The van der Waals surface area contributed by atoms with E-state index in [1.165, 1.54) is 23.7 Å². The molecular weight excluding hydrogens is 378 g/mol. The number of nitrogens with one attached hydrogen (secondary N) is 2. The number of aromatic nitrogens is 4. The molecule has 0 saturated heterocycles. The van der Waals surface area contributed by atoms with Crippen LogP contribution in [0.15, 0.2) is 39.0 Å². The fraction of sp³-hybridized carbons (Fsp3) is 0.333. The maximum absolute atomic E-state index is 12.4. The third-order valence-electron chi connectivity index (χ3n) is 4.54. The minimum Gasteiger partial charge on any atom is -0.303 e. The molecule has 0 aliphatic heterocycles. The molecule has 2 aromatic heterocycles. The van der Waals surface area contributed by atoms with Crippen LogP contribution in [0.1, 0.15) is 32.3 Å². The number of hydrogen-bond donors (Lipinski definition) is 2. The molecule has 0 unspecified atom stereocenters. The van der Waals surface area contributed by atoms with Crippen LogP contribution in [-0.4, -0.2) is 29.7 Å². The molecular formula is C18H21N7O4. The van der Waals surface area contributed by atoms with Crippen molar-refractivity contribution >= 4 is 28.5 Å². The third-order valence-corrected chi connectivity index (χ3v) is 4.54. The summed E-state index contributed by atoms with van der Waals surface area (Å²) >= 11 is 0. The van der Waals surface area contributed by atoms with Crippen molar-refractivity contribution in [1.29, 1.82) is 0 Å². The van der Waals surface area contributed by atoms with Gasteiger partial charge in [0.1, 0.15) is 0 Å². The van der Waals surface area contributed by atoms with Crippen LogP contribution in [0.2, 0.25) is 0 Å². The number of hydrogen-bond acceptors (Lipinski definition) is 7. The van der Waals surface area contributed by atoms with E-state index in [2.05, 4.69) is 20.5 Å². The van der Waals surface area contributed by atoms with Gasteiger partial charge in [-0.2, -0.15) is 10.1 Å². The van der Waals surface area contributed by atoms with Crippen LogP contribution in [0.5, 0.6) is 0 Å². The Morgan fingerprint density at radius 3 is 2.83 bits per heavy atom. The number of nitro groups is 1. The smallest absolute Gasteiger partial charge is 0.303 e. The summed E-state index contributed by atoms with van der Waals surface area (Å²) in [5.41, 5.74) is 3.35. The number of anilines is 1. The lowest BCUT2D eigenvalue weighted by Crippen LogP contribution is -2.29. The lowest BCUT2D eigenvalue weighted by Gasteiger charge is -2.08. The maximum atomic E-state index is 12.4. The largest absolute Gasteiger partial charge is 0.329 e. The maximum Gasteiger partial charge on any atom is 0.329 e. The van der Waals surface area contributed by atoms with Gasteiger partial charge < -0.3 is 4.57 Å². The number of non-ortho nitro benzene ring substituents is 1. The number of aromatic amines is 1. The predicted molar refractivity (Wildman–Crippen MR) is 109 cm³/mol. The molecule has 2 N–H and O–H groups in total. The van der Waals surface area contributed by atoms with Crippen LogP contribution in [0.4, 0.5) is 11.6 Å². The Morgan fingerprint density at radius 1 is 1.38 bits per heavy atom. The van der Waals surface area contributed by atoms with E-state index < -0.39 is 16.2 Å². The van der Waals surface area contributed by atoms with E-state index >= 15 is 0 Å². The summed E-state index contributed by atoms with van der Waals surface area (Å²) < 4.78 is 2.95. The Labute approximate surface area is 164 Å². The Hall–Kier alpha value is -3.76. The SMILES string of the molecule is CCCCn1c(N/N=C(\C)c2cccc([N+](=O)[O-])c2)nc2c1c(=O)[nH]c(=O)n2C. The highest BCUT2D eigenvalue weighted by molar-refractivity contribution is 5.99. The number of nitro benzene ring substituents is 1. The van der Waals surface area contributed by atoms with Crippen LogP contribution in [-0.2, 0) is 13.6 Å². The molecule has 0 aliphatic carbocycles. The number of H-pyrrole nitrogens is 1. The molecule has 0 radical (unpaired) electrons. The lowest BCUT2D eigenvalue weighted by atomic mass is 10.1. The molecule has 11 heteroatoms. The Bertz CT molecular complexity index is 1220. The summed E-state index contributed by atoms with van der Waals surface area (Å²) in [5.74, 6) is 0.310. The number of rotatable bonds is 7. The van der Waals surface area contributed by atoms with Crippen molar-refractivity contribution in [2.45, 2.75) is 33.2 Å². The highest BCUT2D eigenvalue weighted by Gasteiger charge is 2.17. The Kier molecular flexibility index (Phi) is 5.57. The number of aryl methyl sites for hydroxylation is 2. The number of nitrogens with zero attached hydrogens (tertiary/aromatic N) is 5. The first-order chi connectivity index (χ1) is 13.8. The van der Waals surface area contributed by atoms with E-state index in [-0.39, 0.29) is 16.9 Å². The van der Waals surface area contributed by atoms with Crippen molar-refractivity contribution in [3.8, 4) is 0 Å². The predicted octanol–water partition coefficient (Wildman–Crippen LogP) is 1.97. The molecule has 0 aliphatic rings. The highest BCUT2D eigenvalue weighted by Crippen LogP contribution is 2.18. The highest BCUT2D eigenvalue weighted by atomic mass is 16.6. The molecule has 1 aromatic carbocycles. The molecule has 152 valence electrons. The third kappa shape index (κ3) is 3.93. The molecule has 29 heavy (non-hydrogen) atoms. The summed E-state index contributed by atoms with van der Waals surface area (Å²) in [6, 6.07) is 6.12. The Balaban J connectivity index is 2.04. The number of unbranched alkanes of at least 4 members (excludes halogenated alkanes) is 1. The van der Waals surface area contributed by atoms with E-state index in [1.807, 2.05) is 6.92 Å². The summed E-state index contributed by atoms with van der Waals surface area (Å²) in [5, 5.41) is 15.2. The van der Waals surface area contributed by atoms with E-state index in [4.69, 9.17) is 0 Å². The number of fused-ring (bicyclic) bond motifs is 1. The molecule has 3 aromatic rings. The summed E-state index contributed by atoms with van der Waals surface area (Å²) in [4.78, 5) is 41.4. The van der Waals surface area contributed by atoms with Crippen LogP contribution in [0.3, 0.4) is 0 Å². The first kappa shape index (κ1) is 20.0. The molecule has 0 fully saturated rings. The van der Waals surface area contributed by atoms with E-state index in [0.29, 0.717) is 23.8 Å². The fourth-order valence-corrected chi connectivity index (χ4v) is 2.90. The van der Waals surface area contributed by atoms with Crippen LogP contribution in [0, 0.1) is 10.1 Å². The minimum absolute atomic E-state index is 0.0335. The number of imidazole rings is 1. The van der Waals surface area contributed by atoms with E-state index in [1.54, 1.807) is 23.6 Å². The van der Waals surface area contributed by atoms with Gasteiger partial charge in [-0.05, 0) is 13.3 Å². The van der Waals surface area contributed by atoms with E-state index in [0.717, 1.165) is 12.8 Å². The van der Waals surface area contributed by atoms with Crippen molar-refractivity contribution in [2.75, 3.05) is 5.43 Å². The van der Waals surface area contributed by atoms with Gasteiger partial charge in [-0.15, -0.1) is 0 Å². The second-order valence-electron chi connectivity index (χ2n) is 6.55. The summed E-state index contributed by atoms with van der Waals surface area (Å²) in [6.45, 7) is 4.24. The van der Waals surface area contributed by atoms with Crippen molar-refractivity contribution in [3.05, 3.63) is 60.8 Å². The van der Waals surface area contributed by atoms with Gasteiger partial charge in [-0.3, -0.25) is 24.5 Å². The average molecular weight is 399 g/mol. The van der Waals surface area contributed by atoms with E-state index in [9.17, 15) is 19.7 Å². The second kappa shape index (κ2) is 8.09. The number of benzene rings is 1. The van der Waals surface area contributed by atoms with Gasteiger partial charge in [-0.1, -0.05) is 25.5 Å². The first-order valence-corrected chi connectivity index (χ1v) is 9.08. The molecule has 2 heterocycles. The fourth-order valence-electron chi connectivity index (χ4n) is 2.90. The molecule has 0 spiro atoms. The first-order valence-electron chi connectivity index (χ1n) is 9.08. The molecule has 11 nitrogen and oxygen atoms in total. The Morgan fingerprint density at radius 2 is 2.14 bits per heavy atom. The van der Waals surface area contributed by atoms with Crippen molar-refractivity contribution in [2.24, 2.45) is 12.1 Å². The zero-order valence-electron chi connectivity index (χ0n) is 16.3. The molecule has 0 atom stereocenters. The van der Waals surface area contributed by atoms with Gasteiger partial charge in [0.15, 0.2) is 11.2 Å². The zero-order valence-corrected chi connectivity index (χ0v) is 16.3. The molecule has 0 amide bonds. The van der Waals surface area contributed by atoms with Gasteiger partial charge in [-0.25, -0.2) is 10.2 Å². The van der Waals surface area contributed by atoms with Crippen molar-refractivity contribution in [1.82, 2.24) is 19.1 Å².